The minimum Gasteiger partial charge on any atom is -0.473 e. The monoisotopic (exact) mass is 278 g/mol. The first-order chi connectivity index (χ1) is 9.66. The Hall–Kier alpha value is -1.56. The van der Waals surface area contributed by atoms with E-state index in [2.05, 4.69) is 14.9 Å². The molecule has 2 heterocycles. The Kier molecular flexibility index (Phi) is 3.65. The SMILES string of the molecule is CC(C)Oc1ncnc(N2CCOC3CCCC32)c1N. The molecule has 0 bridgehead atoms. The fourth-order valence-corrected chi connectivity index (χ4v) is 3.11. The molecule has 0 amide bonds. The van der Waals surface area contributed by atoms with Gasteiger partial charge in [-0.3, -0.25) is 0 Å². The Balaban J connectivity index is 1.89. The third-order valence-corrected chi connectivity index (χ3v) is 3.93. The quantitative estimate of drug-likeness (QED) is 0.905. The van der Waals surface area contributed by atoms with E-state index in [1.54, 1.807) is 0 Å². The Morgan fingerprint density at radius 1 is 1.40 bits per heavy atom. The van der Waals surface area contributed by atoms with Gasteiger partial charge in [-0.05, 0) is 33.1 Å². The fraction of sp³-hybridized carbons (Fsp3) is 0.714. The van der Waals surface area contributed by atoms with Crippen LogP contribution in [0.4, 0.5) is 11.5 Å². The van der Waals surface area contributed by atoms with Crippen LogP contribution in [0.3, 0.4) is 0 Å². The third kappa shape index (κ3) is 2.40. The average molecular weight is 278 g/mol. The molecule has 1 saturated heterocycles. The van der Waals surface area contributed by atoms with Crippen molar-refractivity contribution in [2.45, 2.75) is 51.4 Å². The van der Waals surface area contributed by atoms with Gasteiger partial charge in [-0.15, -0.1) is 0 Å². The highest BCUT2D eigenvalue weighted by molar-refractivity contribution is 5.68. The first-order valence-electron chi connectivity index (χ1n) is 7.32. The van der Waals surface area contributed by atoms with Crippen molar-refractivity contribution in [3.63, 3.8) is 0 Å². The zero-order valence-corrected chi connectivity index (χ0v) is 12.1. The molecular formula is C14H22N4O2. The number of nitrogen functional groups attached to an aromatic ring is 1. The van der Waals surface area contributed by atoms with Crippen LogP contribution in [0.15, 0.2) is 6.33 Å². The van der Waals surface area contributed by atoms with E-state index in [9.17, 15) is 0 Å². The van der Waals surface area contributed by atoms with Crippen LogP contribution in [0.2, 0.25) is 0 Å². The number of ether oxygens (including phenoxy) is 2. The van der Waals surface area contributed by atoms with Gasteiger partial charge in [0.2, 0.25) is 5.88 Å². The molecule has 6 nitrogen and oxygen atoms in total. The van der Waals surface area contributed by atoms with E-state index in [-0.39, 0.29) is 6.10 Å². The number of hydrogen-bond acceptors (Lipinski definition) is 6. The van der Waals surface area contributed by atoms with Crippen LogP contribution >= 0.6 is 0 Å². The maximum Gasteiger partial charge on any atom is 0.242 e. The second-order valence-electron chi connectivity index (χ2n) is 5.68. The van der Waals surface area contributed by atoms with Gasteiger partial charge in [-0.2, -0.15) is 4.98 Å². The highest BCUT2D eigenvalue weighted by Crippen LogP contribution is 2.36. The summed E-state index contributed by atoms with van der Waals surface area (Å²) in [7, 11) is 0. The highest BCUT2D eigenvalue weighted by atomic mass is 16.5. The Labute approximate surface area is 119 Å². The molecule has 1 aliphatic carbocycles. The lowest BCUT2D eigenvalue weighted by Gasteiger charge is -2.38. The molecule has 2 unspecified atom stereocenters. The van der Waals surface area contributed by atoms with Crippen LogP contribution in [-0.2, 0) is 4.74 Å². The molecule has 20 heavy (non-hydrogen) atoms. The summed E-state index contributed by atoms with van der Waals surface area (Å²) in [4.78, 5) is 10.8. The predicted molar refractivity (Wildman–Crippen MR) is 76.9 cm³/mol. The van der Waals surface area contributed by atoms with E-state index < -0.39 is 0 Å². The summed E-state index contributed by atoms with van der Waals surface area (Å²) in [6.07, 6.45) is 5.35. The highest BCUT2D eigenvalue weighted by Gasteiger charge is 2.37. The van der Waals surface area contributed by atoms with Crippen LogP contribution in [0.5, 0.6) is 5.88 Å². The first-order valence-corrected chi connectivity index (χ1v) is 7.32. The van der Waals surface area contributed by atoms with Crippen LogP contribution in [0.1, 0.15) is 33.1 Å². The molecule has 2 atom stereocenters. The van der Waals surface area contributed by atoms with Crippen LogP contribution in [0, 0.1) is 0 Å². The summed E-state index contributed by atoms with van der Waals surface area (Å²) >= 11 is 0. The van der Waals surface area contributed by atoms with Crippen molar-refractivity contribution < 1.29 is 9.47 Å². The number of fused-ring (bicyclic) bond motifs is 1. The lowest BCUT2D eigenvalue weighted by atomic mass is 10.1. The van der Waals surface area contributed by atoms with Crippen molar-refractivity contribution in [2.75, 3.05) is 23.8 Å². The van der Waals surface area contributed by atoms with Crippen LogP contribution < -0.4 is 15.4 Å². The molecule has 0 aromatic carbocycles. The van der Waals surface area contributed by atoms with Crippen molar-refractivity contribution in [3.8, 4) is 5.88 Å². The number of rotatable bonds is 3. The molecule has 0 radical (unpaired) electrons. The van der Waals surface area contributed by atoms with E-state index in [1.165, 1.54) is 12.7 Å². The maximum absolute atomic E-state index is 6.21. The van der Waals surface area contributed by atoms with Gasteiger partial charge in [0.15, 0.2) is 5.82 Å². The topological polar surface area (TPSA) is 73.5 Å². The summed E-state index contributed by atoms with van der Waals surface area (Å²) in [5.74, 6) is 1.27. The van der Waals surface area contributed by atoms with E-state index in [0.29, 0.717) is 23.7 Å². The standard InChI is InChI=1S/C14H22N4O2/c1-9(2)20-14-12(15)13(16-8-17-14)18-6-7-19-11-5-3-4-10(11)18/h8-11H,3-7,15H2,1-2H3. The molecule has 1 aliphatic heterocycles. The second-order valence-corrected chi connectivity index (χ2v) is 5.68. The summed E-state index contributed by atoms with van der Waals surface area (Å²) in [6, 6.07) is 0.382. The van der Waals surface area contributed by atoms with Gasteiger partial charge in [-0.1, -0.05) is 0 Å². The number of morpholine rings is 1. The number of nitrogens with zero attached hydrogens (tertiary/aromatic N) is 3. The van der Waals surface area contributed by atoms with Gasteiger partial charge in [0, 0.05) is 6.54 Å². The molecule has 0 spiro atoms. The Morgan fingerprint density at radius 2 is 2.25 bits per heavy atom. The minimum atomic E-state index is 0.0453. The molecule has 1 saturated carbocycles. The van der Waals surface area contributed by atoms with Crippen molar-refractivity contribution in [1.82, 2.24) is 9.97 Å². The smallest absolute Gasteiger partial charge is 0.242 e. The largest absolute Gasteiger partial charge is 0.473 e. The second kappa shape index (κ2) is 5.44. The molecular weight excluding hydrogens is 256 g/mol. The summed E-state index contributed by atoms with van der Waals surface area (Å²) in [5, 5.41) is 0. The third-order valence-electron chi connectivity index (χ3n) is 3.93. The molecule has 110 valence electrons. The number of aromatic nitrogens is 2. The molecule has 2 aliphatic rings. The van der Waals surface area contributed by atoms with Gasteiger partial charge >= 0.3 is 0 Å². The normalized spacial score (nSPS) is 25.9. The van der Waals surface area contributed by atoms with Crippen molar-refractivity contribution in [1.29, 1.82) is 0 Å². The van der Waals surface area contributed by atoms with Gasteiger partial charge in [0.1, 0.15) is 12.0 Å². The Bertz CT molecular complexity index is 480. The van der Waals surface area contributed by atoms with Crippen LogP contribution in [-0.4, -0.2) is 41.4 Å². The van der Waals surface area contributed by atoms with Gasteiger partial charge in [0.25, 0.3) is 0 Å². The molecule has 6 heteroatoms. The maximum atomic E-state index is 6.21. The van der Waals surface area contributed by atoms with Crippen molar-refractivity contribution in [3.05, 3.63) is 6.33 Å². The first kappa shape index (κ1) is 13.4. The molecule has 1 aromatic heterocycles. The van der Waals surface area contributed by atoms with Gasteiger partial charge in [0.05, 0.1) is 24.9 Å². The lowest BCUT2D eigenvalue weighted by molar-refractivity contribution is 0.0253. The number of anilines is 2. The predicted octanol–water partition coefficient (Wildman–Crippen LogP) is 1.60. The number of nitrogens with two attached hydrogens (primary N) is 1. The zero-order chi connectivity index (χ0) is 14.1. The summed E-state index contributed by atoms with van der Waals surface area (Å²) < 4.78 is 11.5. The fourth-order valence-electron chi connectivity index (χ4n) is 3.11. The van der Waals surface area contributed by atoms with E-state index in [1.807, 2.05) is 13.8 Å². The van der Waals surface area contributed by atoms with Crippen molar-refractivity contribution in [2.24, 2.45) is 0 Å². The summed E-state index contributed by atoms with van der Waals surface area (Å²) in [5.41, 5.74) is 6.75. The van der Waals surface area contributed by atoms with E-state index in [0.717, 1.165) is 31.8 Å². The molecule has 2 fully saturated rings. The van der Waals surface area contributed by atoms with E-state index >= 15 is 0 Å². The van der Waals surface area contributed by atoms with Crippen LogP contribution in [0.25, 0.3) is 0 Å². The molecule has 3 rings (SSSR count). The lowest BCUT2D eigenvalue weighted by Crippen LogP contribution is -2.49. The summed E-state index contributed by atoms with van der Waals surface area (Å²) in [6.45, 7) is 5.47. The molecule has 1 aromatic rings. The Morgan fingerprint density at radius 3 is 3.05 bits per heavy atom. The zero-order valence-electron chi connectivity index (χ0n) is 12.1. The average Bonchev–Trinajstić information content (AvgIpc) is 2.89. The van der Waals surface area contributed by atoms with Crippen molar-refractivity contribution >= 4 is 11.5 Å². The minimum absolute atomic E-state index is 0.0453. The van der Waals surface area contributed by atoms with Gasteiger partial charge in [-0.25, -0.2) is 4.98 Å². The molecule has 2 N–H and O–H groups in total. The van der Waals surface area contributed by atoms with Gasteiger partial charge < -0.3 is 20.1 Å². The van der Waals surface area contributed by atoms with E-state index in [4.69, 9.17) is 15.2 Å². The number of hydrogen-bond donors (Lipinski definition) is 1.